The molecule has 0 aromatic rings. The summed E-state index contributed by atoms with van der Waals surface area (Å²) < 4.78 is 5.65. The monoisotopic (exact) mass is 239 g/mol. The lowest BCUT2D eigenvalue weighted by Gasteiger charge is -2.39. The smallest absolute Gasteiger partial charge is 0.0700 e. The van der Waals surface area contributed by atoms with Gasteiger partial charge >= 0.3 is 0 Å². The molecule has 1 N–H and O–H groups in total. The molecule has 98 valence electrons. The number of ether oxygens (including phenoxy) is 1. The molecule has 0 aromatic carbocycles. The molecule has 0 radical (unpaired) electrons. The first-order valence-electron chi connectivity index (χ1n) is 7.33. The first-order chi connectivity index (χ1) is 8.26. The lowest BCUT2D eigenvalue weighted by atomic mass is 9.78. The number of nitrogens with zero attached hydrogens (tertiary/aromatic N) is 1. The number of aliphatic hydroxyl groups is 1. The number of piperidine rings is 1. The topological polar surface area (TPSA) is 32.7 Å². The lowest BCUT2D eigenvalue weighted by Crippen LogP contribution is -2.46. The predicted octanol–water partition coefficient (Wildman–Crippen LogP) is 1.79. The van der Waals surface area contributed by atoms with Crippen LogP contribution in [0.4, 0.5) is 0 Å². The Balaban J connectivity index is 1.46. The van der Waals surface area contributed by atoms with E-state index in [9.17, 15) is 5.11 Å². The van der Waals surface area contributed by atoms with Crippen LogP contribution in [0.15, 0.2) is 0 Å². The summed E-state index contributed by atoms with van der Waals surface area (Å²) >= 11 is 0. The van der Waals surface area contributed by atoms with E-state index in [1.165, 1.54) is 25.8 Å². The minimum Gasteiger partial charge on any atom is -0.390 e. The van der Waals surface area contributed by atoms with E-state index >= 15 is 0 Å². The predicted molar refractivity (Wildman–Crippen MR) is 66.9 cm³/mol. The van der Waals surface area contributed by atoms with Gasteiger partial charge in [0.1, 0.15) is 0 Å². The van der Waals surface area contributed by atoms with Gasteiger partial charge in [0, 0.05) is 25.6 Å². The van der Waals surface area contributed by atoms with Crippen molar-refractivity contribution < 1.29 is 9.84 Å². The van der Waals surface area contributed by atoms with Crippen molar-refractivity contribution in [2.75, 3.05) is 26.2 Å². The second kappa shape index (κ2) is 4.87. The molecule has 3 aliphatic rings. The van der Waals surface area contributed by atoms with E-state index in [1.807, 2.05) is 0 Å². The zero-order valence-electron chi connectivity index (χ0n) is 10.7. The van der Waals surface area contributed by atoms with Crippen LogP contribution in [0.25, 0.3) is 0 Å². The van der Waals surface area contributed by atoms with Gasteiger partial charge in [-0.15, -0.1) is 0 Å². The van der Waals surface area contributed by atoms with Crippen LogP contribution in [0.3, 0.4) is 0 Å². The van der Waals surface area contributed by atoms with Crippen LogP contribution in [-0.4, -0.2) is 48.0 Å². The van der Waals surface area contributed by atoms with Gasteiger partial charge in [0.15, 0.2) is 0 Å². The van der Waals surface area contributed by atoms with E-state index in [0.717, 1.165) is 45.4 Å². The summed E-state index contributed by atoms with van der Waals surface area (Å²) in [6.45, 7) is 4.40. The Bertz CT molecular complexity index is 265. The Morgan fingerprint density at radius 2 is 2.24 bits per heavy atom. The normalized spacial score (nSPS) is 45.4. The first-order valence-corrected chi connectivity index (χ1v) is 7.33. The average molecular weight is 239 g/mol. The SMILES string of the molecule is OC1(CCCC2CCCO2)CCN2CCC1C2. The van der Waals surface area contributed by atoms with Crippen molar-refractivity contribution in [1.29, 1.82) is 0 Å². The molecule has 0 amide bonds. The van der Waals surface area contributed by atoms with E-state index in [0.29, 0.717) is 12.0 Å². The summed E-state index contributed by atoms with van der Waals surface area (Å²) in [5, 5.41) is 10.8. The molecular formula is C14H25NO2. The Kier molecular flexibility index (Phi) is 3.42. The molecule has 3 rings (SSSR count). The van der Waals surface area contributed by atoms with Crippen molar-refractivity contribution in [3.8, 4) is 0 Å². The quantitative estimate of drug-likeness (QED) is 0.812. The summed E-state index contributed by atoms with van der Waals surface area (Å²) in [5.41, 5.74) is -0.356. The highest BCUT2D eigenvalue weighted by atomic mass is 16.5. The summed E-state index contributed by atoms with van der Waals surface area (Å²) in [5.74, 6) is 0.542. The number of rotatable bonds is 4. The van der Waals surface area contributed by atoms with Crippen LogP contribution >= 0.6 is 0 Å². The molecule has 3 heteroatoms. The fourth-order valence-electron chi connectivity index (χ4n) is 3.87. The van der Waals surface area contributed by atoms with Crippen LogP contribution in [0.1, 0.15) is 44.9 Å². The zero-order chi connectivity index (χ0) is 11.7. The Labute approximate surface area is 104 Å². The van der Waals surface area contributed by atoms with Gasteiger partial charge in [-0.25, -0.2) is 0 Å². The van der Waals surface area contributed by atoms with E-state index in [1.54, 1.807) is 0 Å². The van der Waals surface area contributed by atoms with E-state index in [2.05, 4.69) is 4.90 Å². The van der Waals surface area contributed by atoms with E-state index < -0.39 is 0 Å². The summed E-state index contributed by atoms with van der Waals surface area (Å²) in [6.07, 6.45) is 8.42. The van der Waals surface area contributed by atoms with Crippen molar-refractivity contribution in [2.45, 2.75) is 56.7 Å². The highest BCUT2D eigenvalue weighted by Gasteiger charge is 2.44. The number of hydrogen-bond donors (Lipinski definition) is 1. The van der Waals surface area contributed by atoms with Gasteiger partial charge in [0.25, 0.3) is 0 Å². The van der Waals surface area contributed by atoms with Crippen LogP contribution in [0.5, 0.6) is 0 Å². The van der Waals surface area contributed by atoms with Crippen LogP contribution in [-0.2, 0) is 4.74 Å². The molecule has 17 heavy (non-hydrogen) atoms. The molecule has 3 fully saturated rings. The maximum absolute atomic E-state index is 10.8. The Morgan fingerprint density at radius 3 is 3.06 bits per heavy atom. The second-order valence-corrected chi connectivity index (χ2v) is 6.17. The summed E-state index contributed by atoms with van der Waals surface area (Å²) in [4.78, 5) is 2.50. The van der Waals surface area contributed by atoms with Gasteiger partial charge in [-0.3, -0.25) is 0 Å². The van der Waals surface area contributed by atoms with Gasteiger partial charge in [-0.1, -0.05) is 0 Å². The molecular weight excluding hydrogens is 214 g/mol. The van der Waals surface area contributed by atoms with Crippen molar-refractivity contribution >= 4 is 0 Å². The molecule has 2 bridgehead atoms. The third-order valence-corrected chi connectivity index (χ3v) is 5.05. The van der Waals surface area contributed by atoms with Crippen molar-refractivity contribution in [1.82, 2.24) is 4.90 Å². The molecule has 0 aromatic heterocycles. The number of fused-ring (bicyclic) bond motifs is 2. The molecule has 0 saturated carbocycles. The van der Waals surface area contributed by atoms with Gasteiger partial charge in [0.2, 0.25) is 0 Å². The first kappa shape index (κ1) is 11.9. The minimum atomic E-state index is -0.356. The Hall–Kier alpha value is -0.120. The summed E-state index contributed by atoms with van der Waals surface area (Å²) in [6, 6.07) is 0. The molecule has 0 spiro atoms. The molecule has 4 unspecified atom stereocenters. The highest BCUT2D eigenvalue weighted by molar-refractivity contribution is 4.97. The Morgan fingerprint density at radius 1 is 1.29 bits per heavy atom. The van der Waals surface area contributed by atoms with Crippen LogP contribution < -0.4 is 0 Å². The fourth-order valence-corrected chi connectivity index (χ4v) is 3.87. The maximum atomic E-state index is 10.8. The molecule has 3 aliphatic heterocycles. The van der Waals surface area contributed by atoms with Crippen molar-refractivity contribution in [3.05, 3.63) is 0 Å². The lowest BCUT2D eigenvalue weighted by molar-refractivity contribution is -0.0544. The molecule has 0 aliphatic carbocycles. The largest absolute Gasteiger partial charge is 0.390 e. The third kappa shape index (κ3) is 2.51. The van der Waals surface area contributed by atoms with Crippen LogP contribution in [0.2, 0.25) is 0 Å². The third-order valence-electron chi connectivity index (χ3n) is 5.05. The van der Waals surface area contributed by atoms with E-state index in [4.69, 9.17) is 4.74 Å². The zero-order valence-corrected chi connectivity index (χ0v) is 10.7. The average Bonchev–Trinajstić information content (AvgIpc) is 2.95. The van der Waals surface area contributed by atoms with Crippen molar-refractivity contribution in [2.24, 2.45) is 5.92 Å². The van der Waals surface area contributed by atoms with Crippen LogP contribution in [0, 0.1) is 5.92 Å². The molecule has 4 atom stereocenters. The highest BCUT2D eigenvalue weighted by Crippen LogP contribution is 2.39. The molecule has 3 saturated heterocycles. The van der Waals surface area contributed by atoms with Gasteiger partial charge in [-0.05, 0) is 51.5 Å². The van der Waals surface area contributed by atoms with Crippen molar-refractivity contribution in [3.63, 3.8) is 0 Å². The maximum Gasteiger partial charge on any atom is 0.0700 e. The van der Waals surface area contributed by atoms with E-state index in [-0.39, 0.29) is 5.60 Å². The van der Waals surface area contributed by atoms with Gasteiger partial charge in [-0.2, -0.15) is 0 Å². The summed E-state index contributed by atoms with van der Waals surface area (Å²) in [7, 11) is 0. The standard InChI is InChI=1S/C14H25NO2/c16-14(6-1-3-13-4-2-10-17-13)7-9-15-8-5-12(14)11-15/h12-13,16H,1-11H2. The minimum absolute atomic E-state index is 0.356. The van der Waals surface area contributed by atoms with Gasteiger partial charge < -0.3 is 14.7 Å². The number of hydrogen-bond acceptors (Lipinski definition) is 3. The van der Waals surface area contributed by atoms with Gasteiger partial charge in [0.05, 0.1) is 11.7 Å². The fraction of sp³-hybridized carbons (Fsp3) is 1.00. The molecule has 3 nitrogen and oxygen atoms in total. The second-order valence-electron chi connectivity index (χ2n) is 6.17. The molecule has 3 heterocycles.